The van der Waals surface area contributed by atoms with Gasteiger partial charge in [0.05, 0.1) is 0 Å². The summed E-state index contributed by atoms with van der Waals surface area (Å²) in [5.74, 6) is 0. The summed E-state index contributed by atoms with van der Waals surface area (Å²) in [4.78, 5) is 5.77. The Balaban J connectivity index is 1.40. The van der Waals surface area contributed by atoms with E-state index in [1.165, 1.54) is 33.2 Å². The van der Waals surface area contributed by atoms with E-state index in [-0.39, 0.29) is 0 Å². The molecule has 2 heteroatoms. The molecule has 2 heterocycles. The highest BCUT2D eigenvalue weighted by Crippen LogP contribution is 2.25. The number of aryl methyl sites for hydroxylation is 1. The van der Waals surface area contributed by atoms with Gasteiger partial charge in [-0.15, -0.1) is 0 Å². The van der Waals surface area contributed by atoms with Gasteiger partial charge in [0.25, 0.3) is 0 Å². The standard InChI is InChI=1S/C23H24N2/c1-18-6-2-3-9-21(18)20-12-16-25(17-13-20)15-5-8-19-7-4-10-23-22(19)11-14-24-23/h2-12,14,24H,13,15-17H2,1H3. The second-order valence-electron chi connectivity index (χ2n) is 6.74. The van der Waals surface area contributed by atoms with Crippen molar-refractivity contribution in [2.75, 3.05) is 19.6 Å². The van der Waals surface area contributed by atoms with Crippen LogP contribution in [0.2, 0.25) is 0 Å². The Morgan fingerprint density at radius 1 is 1.08 bits per heavy atom. The molecule has 1 N–H and O–H groups in total. The smallest absolute Gasteiger partial charge is 0.0459 e. The Morgan fingerprint density at radius 2 is 2.00 bits per heavy atom. The van der Waals surface area contributed by atoms with Crippen molar-refractivity contribution in [1.29, 1.82) is 0 Å². The summed E-state index contributed by atoms with van der Waals surface area (Å²) < 4.78 is 0. The summed E-state index contributed by atoms with van der Waals surface area (Å²) in [6.07, 6.45) is 10.1. The van der Waals surface area contributed by atoms with Crippen LogP contribution in [0.1, 0.15) is 23.1 Å². The fourth-order valence-corrected chi connectivity index (χ4v) is 3.64. The summed E-state index contributed by atoms with van der Waals surface area (Å²) in [5.41, 5.74) is 6.77. The van der Waals surface area contributed by atoms with E-state index in [9.17, 15) is 0 Å². The number of fused-ring (bicyclic) bond motifs is 1. The van der Waals surface area contributed by atoms with Crippen molar-refractivity contribution >= 4 is 22.6 Å². The van der Waals surface area contributed by atoms with Crippen LogP contribution in [-0.2, 0) is 0 Å². The predicted molar refractivity (Wildman–Crippen MR) is 108 cm³/mol. The molecule has 0 spiro atoms. The SMILES string of the molecule is Cc1ccccc1C1=CCN(CC=Cc2cccc3[nH]ccc23)CC1. The van der Waals surface area contributed by atoms with E-state index < -0.39 is 0 Å². The first-order chi connectivity index (χ1) is 12.3. The van der Waals surface area contributed by atoms with Crippen LogP contribution in [0.25, 0.3) is 22.6 Å². The highest BCUT2D eigenvalue weighted by Gasteiger charge is 2.12. The van der Waals surface area contributed by atoms with Crippen LogP contribution in [0.15, 0.2) is 66.9 Å². The molecule has 0 atom stereocenters. The number of nitrogens with zero attached hydrogens (tertiary/aromatic N) is 1. The van der Waals surface area contributed by atoms with E-state index in [1.54, 1.807) is 0 Å². The third-order valence-electron chi connectivity index (χ3n) is 5.07. The Kier molecular flexibility index (Phi) is 4.53. The highest BCUT2D eigenvalue weighted by molar-refractivity contribution is 5.88. The normalized spacial score (nSPS) is 15.8. The lowest BCUT2D eigenvalue weighted by Gasteiger charge is -2.25. The van der Waals surface area contributed by atoms with Crippen LogP contribution in [-0.4, -0.2) is 29.5 Å². The molecule has 0 unspecified atom stereocenters. The van der Waals surface area contributed by atoms with E-state index >= 15 is 0 Å². The molecule has 3 aromatic rings. The third-order valence-corrected chi connectivity index (χ3v) is 5.07. The fraction of sp³-hybridized carbons (Fsp3) is 0.217. The van der Waals surface area contributed by atoms with Crippen LogP contribution >= 0.6 is 0 Å². The maximum Gasteiger partial charge on any atom is 0.0459 e. The lowest BCUT2D eigenvalue weighted by molar-refractivity contribution is 0.335. The maximum atomic E-state index is 3.27. The number of aromatic amines is 1. The van der Waals surface area contributed by atoms with Crippen LogP contribution in [0.5, 0.6) is 0 Å². The van der Waals surface area contributed by atoms with Crippen molar-refractivity contribution < 1.29 is 0 Å². The molecule has 0 fully saturated rings. The summed E-state index contributed by atoms with van der Waals surface area (Å²) >= 11 is 0. The average Bonchev–Trinajstić information content (AvgIpc) is 3.13. The van der Waals surface area contributed by atoms with Gasteiger partial charge in [-0.2, -0.15) is 0 Å². The molecule has 0 amide bonds. The van der Waals surface area contributed by atoms with Gasteiger partial charge in [-0.3, -0.25) is 4.90 Å². The van der Waals surface area contributed by atoms with Gasteiger partial charge >= 0.3 is 0 Å². The Labute approximate surface area is 149 Å². The van der Waals surface area contributed by atoms with Crippen molar-refractivity contribution in [2.45, 2.75) is 13.3 Å². The minimum Gasteiger partial charge on any atom is -0.361 e. The van der Waals surface area contributed by atoms with Crippen molar-refractivity contribution in [2.24, 2.45) is 0 Å². The number of nitrogens with one attached hydrogen (secondary N) is 1. The minimum atomic E-state index is 0.998. The second kappa shape index (κ2) is 7.12. The second-order valence-corrected chi connectivity index (χ2v) is 6.74. The molecule has 25 heavy (non-hydrogen) atoms. The van der Waals surface area contributed by atoms with E-state index in [1.807, 2.05) is 6.20 Å². The zero-order valence-electron chi connectivity index (χ0n) is 14.7. The lowest BCUT2D eigenvalue weighted by Crippen LogP contribution is -2.28. The molecule has 0 radical (unpaired) electrons. The van der Waals surface area contributed by atoms with Crippen LogP contribution in [0, 0.1) is 6.92 Å². The topological polar surface area (TPSA) is 19.0 Å². The quantitative estimate of drug-likeness (QED) is 0.690. The number of H-pyrrole nitrogens is 1. The first kappa shape index (κ1) is 15.9. The molecule has 2 nitrogen and oxygen atoms in total. The van der Waals surface area contributed by atoms with Gasteiger partial charge in [0, 0.05) is 36.7 Å². The Bertz CT molecular complexity index is 930. The largest absolute Gasteiger partial charge is 0.361 e. The monoisotopic (exact) mass is 328 g/mol. The molecule has 4 rings (SSSR count). The van der Waals surface area contributed by atoms with Gasteiger partial charge in [-0.25, -0.2) is 0 Å². The maximum absolute atomic E-state index is 3.27. The predicted octanol–water partition coefficient (Wildman–Crippen LogP) is 5.28. The molecule has 1 aliphatic rings. The molecule has 0 saturated carbocycles. The molecule has 0 saturated heterocycles. The summed E-state index contributed by atoms with van der Waals surface area (Å²) in [7, 11) is 0. The van der Waals surface area contributed by atoms with Gasteiger partial charge < -0.3 is 4.98 Å². The first-order valence-corrected chi connectivity index (χ1v) is 9.01. The number of aromatic nitrogens is 1. The number of rotatable bonds is 4. The van der Waals surface area contributed by atoms with Crippen molar-refractivity contribution in [1.82, 2.24) is 9.88 Å². The van der Waals surface area contributed by atoms with E-state index in [4.69, 9.17) is 0 Å². The van der Waals surface area contributed by atoms with Crippen molar-refractivity contribution in [3.8, 4) is 0 Å². The van der Waals surface area contributed by atoms with Crippen LogP contribution in [0.4, 0.5) is 0 Å². The molecular formula is C23H24N2. The molecule has 1 aliphatic heterocycles. The van der Waals surface area contributed by atoms with Crippen molar-refractivity contribution in [3.05, 3.63) is 83.6 Å². The van der Waals surface area contributed by atoms with Gasteiger partial charge in [-0.05, 0) is 47.7 Å². The molecule has 1 aromatic heterocycles. The van der Waals surface area contributed by atoms with E-state index in [2.05, 4.69) is 83.6 Å². The lowest BCUT2D eigenvalue weighted by atomic mass is 9.96. The van der Waals surface area contributed by atoms with E-state index in [0.717, 1.165) is 26.1 Å². The number of hydrogen-bond acceptors (Lipinski definition) is 1. The first-order valence-electron chi connectivity index (χ1n) is 9.01. The molecule has 0 bridgehead atoms. The number of hydrogen-bond donors (Lipinski definition) is 1. The van der Waals surface area contributed by atoms with E-state index in [0.29, 0.717) is 0 Å². The molecular weight excluding hydrogens is 304 g/mol. The number of benzene rings is 2. The van der Waals surface area contributed by atoms with Gasteiger partial charge in [-0.1, -0.05) is 54.6 Å². The van der Waals surface area contributed by atoms with Crippen molar-refractivity contribution in [3.63, 3.8) is 0 Å². The zero-order chi connectivity index (χ0) is 17.1. The minimum absolute atomic E-state index is 0.998. The molecule has 0 aliphatic carbocycles. The molecule has 126 valence electrons. The Morgan fingerprint density at radius 3 is 2.84 bits per heavy atom. The third kappa shape index (κ3) is 3.45. The van der Waals surface area contributed by atoms with Crippen LogP contribution in [0.3, 0.4) is 0 Å². The van der Waals surface area contributed by atoms with Crippen LogP contribution < -0.4 is 0 Å². The van der Waals surface area contributed by atoms with Gasteiger partial charge in [0.2, 0.25) is 0 Å². The van der Waals surface area contributed by atoms with Gasteiger partial charge in [0.15, 0.2) is 0 Å². The fourth-order valence-electron chi connectivity index (χ4n) is 3.64. The highest BCUT2D eigenvalue weighted by atomic mass is 15.1. The average molecular weight is 328 g/mol. The summed E-state index contributed by atoms with van der Waals surface area (Å²) in [6, 6.07) is 17.3. The van der Waals surface area contributed by atoms with Gasteiger partial charge in [0.1, 0.15) is 0 Å². The molecule has 2 aromatic carbocycles. The Hall–Kier alpha value is -2.58. The summed E-state index contributed by atoms with van der Waals surface area (Å²) in [5, 5.41) is 1.29. The summed E-state index contributed by atoms with van der Waals surface area (Å²) in [6.45, 7) is 5.35. The zero-order valence-corrected chi connectivity index (χ0v) is 14.7.